The molecule has 204 valence electrons. The van der Waals surface area contributed by atoms with Crippen LogP contribution in [-0.2, 0) is 14.3 Å². The molecular weight excluding hydrogens is 476 g/mol. The molecule has 0 aromatic heterocycles. The first-order valence-electron chi connectivity index (χ1n) is 13.6. The molecule has 0 radical (unpaired) electrons. The van der Waals surface area contributed by atoms with Gasteiger partial charge >= 0.3 is 0 Å². The van der Waals surface area contributed by atoms with Gasteiger partial charge in [-0.15, -0.1) is 0 Å². The lowest BCUT2D eigenvalue weighted by molar-refractivity contribution is -0.338. The fourth-order valence-electron chi connectivity index (χ4n) is 6.85. The first-order chi connectivity index (χ1) is 17.7. The molecule has 1 aromatic rings. The molecule has 38 heavy (non-hydrogen) atoms. The summed E-state index contributed by atoms with van der Waals surface area (Å²) >= 11 is 0. The smallest absolute Gasteiger partial charge is 0.193 e. The zero-order valence-corrected chi connectivity index (χ0v) is 23.9. The van der Waals surface area contributed by atoms with Crippen molar-refractivity contribution in [3.05, 3.63) is 76.4 Å². The Morgan fingerprint density at radius 3 is 1.97 bits per heavy atom. The van der Waals surface area contributed by atoms with Gasteiger partial charge in [0.05, 0.1) is 16.4 Å². The van der Waals surface area contributed by atoms with Crippen molar-refractivity contribution in [2.24, 2.45) is 16.7 Å². The van der Waals surface area contributed by atoms with Gasteiger partial charge < -0.3 is 14.9 Å². The Kier molecular flexibility index (Phi) is 7.26. The van der Waals surface area contributed by atoms with E-state index < -0.39 is 33.8 Å². The van der Waals surface area contributed by atoms with Gasteiger partial charge in [0.1, 0.15) is 11.3 Å². The van der Waals surface area contributed by atoms with Crippen LogP contribution in [0.2, 0.25) is 0 Å². The second-order valence-electron chi connectivity index (χ2n) is 12.5. The minimum atomic E-state index is -2.00. The highest BCUT2D eigenvalue weighted by molar-refractivity contribution is 6.30. The van der Waals surface area contributed by atoms with Crippen molar-refractivity contribution in [3.8, 4) is 0 Å². The van der Waals surface area contributed by atoms with Crippen molar-refractivity contribution < 1.29 is 24.5 Å². The Hall–Kier alpha value is -2.76. The number of ketones is 2. The van der Waals surface area contributed by atoms with Crippen molar-refractivity contribution in [1.29, 1.82) is 0 Å². The summed E-state index contributed by atoms with van der Waals surface area (Å²) in [5.74, 6) is -3.46. The van der Waals surface area contributed by atoms with Crippen molar-refractivity contribution in [1.82, 2.24) is 0 Å². The van der Waals surface area contributed by atoms with E-state index >= 15 is 0 Å². The molecule has 2 N–H and O–H groups in total. The number of carbonyl (C=O) groups is 2. The van der Waals surface area contributed by atoms with E-state index in [1.165, 1.54) is 0 Å². The molecule has 3 aliphatic rings. The van der Waals surface area contributed by atoms with Crippen LogP contribution in [0, 0.1) is 16.7 Å². The minimum Gasteiger partial charge on any atom is -0.506 e. The van der Waals surface area contributed by atoms with Gasteiger partial charge in [0, 0.05) is 5.56 Å². The third-order valence-corrected chi connectivity index (χ3v) is 8.93. The van der Waals surface area contributed by atoms with Crippen LogP contribution in [0.15, 0.2) is 70.9 Å². The van der Waals surface area contributed by atoms with Crippen LogP contribution in [0.1, 0.15) is 86.1 Å². The van der Waals surface area contributed by atoms with Crippen LogP contribution < -0.4 is 0 Å². The zero-order chi connectivity index (χ0) is 28.1. The van der Waals surface area contributed by atoms with Gasteiger partial charge in [-0.05, 0) is 86.5 Å². The molecule has 5 nitrogen and oxygen atoms in total. The fourth-order valence-corrected chi connectivity index (χ4v) is 6.85. The molecule has 5 heteroatoms. The Labute approximate surface area is 227 Å². The number of Topliss-reactive ketones (excluding diaryl/α,β-unsaturated/α-hetero) is 2. The monoisotopic (exact) mass is 518 g/mol. The predicted molar refractivity (Wildman–Crippen MR) is 150 cm³/mol. The molecule has 2 saturated heterocycles. The second-order valence-corrected chi connectivity index (χ2v) is 12.5. The number of hydrogen-bond acceptors (Lipinski definition) is 5. The lowest BCUT2D eigenvalue weighted by atomic mass is 9.51. The zero-order valence-electron chi connectivity index (χ0n) is 23.9. The summed E-state index contributed by atoms with van der Waals surface area (Å²) in [7, 11) is 0. The maximum atomic E-state index is 14.6. The molecule has 2 heterocycles. The molecule has 3 fully saturated rings. The van der Waals surface area contributed by atoms with Crippen molar-refractivity contribution in [3.63, 3.8) is 0 Å². The van der Waals surface area contributed by atoms with E-state index in [0.717, 1.165) is 16.7 Å². The van der Waals surface area contributed by atoms with Crippen LogP contribution in [0.4, 0.5) is 0 Å². The average molecular weight is 519 g/mol. The number of fused-ring (bicyclic) bond motifs is 1. The van der Waals surface area contributed by atoms with Gasteiger partial charge in [-0.1, -0.05) is 65.3 Å². The molecule has 1 aliphatic carbocycles. The second kappa shape index (κ2) is 9.77. The van der Waals surface area contributed by atoms with Crippen molar-refractivity contribution in [2.75, 3.05) is 0 Å². The molecule has 1 aromatic carbocycles. The van der Waals surface area contributed by atoms with E-state index in [0.29, 0.717) is 18.4 Å². The largest absolute Gasteiger partial charge is 0.506 e. The van der Waals surface area contributed by atoms with E-state index in [9.17, 15) is 19.8 Å². The predicted octanol–water partition coefficient (Wildman–Crippen LogP) is 7.04. The van der Waals surface area contributed by atoms with E-state index in [1.54, 1.807) is 24.3 Å². The van der Waals surface area contributed by atoms with Crippen LogP contribution in [0.3, 0.4) is 0 Å². The van der Waals surface area contributed by atoms with E-state index in [4.69, 9.17) is 4.74 Å². The summed E-state index contributed by atoms with van der Waals surface area (Å²) in [6.45, 7) is 13.9. The molecule has 5 atom stereocenters. The van der Waals surface area contributed by atoms with Crippen molar-refractivity contribution >= 4 is 17.3 Å². The highest BCUT2D eigenvalue weighted by Crippen LogP contribution is 2.72. The molecule has 2 aliphatic heterocycles. The Balaban J connectivity index is 2.06. The molecule has 0 amide bonds. The molecule has 1 unspecified atom stereocenters. The van der Waals surface area contributed by atoms with Crippen LogP contribution in [0.5, 0.6) is 0 Å². The summed E-state index contributed by atoms with van der Waals surface area (Å²) in [6.07, 6.45) is 7.82. The van der Waals surface area contributed by atoms with Crippen LogP contribution >= 0.6 is 0 Å². The molecule has 1 saturated carbocycles. The molecule has 2 bridgehead atoms. The number of aliphatic hydroxyl groups is 2. The van der Waals surface area contributed by atoms with Gasteiger partial charge in [0.25, 0.3) is 0 Å². The third-order valence-electron chi connectivity index (χ3n) is 8.93. The van der Waals surface area contributed by atoms with Crippen LogP contribution in [0.25, 0.3) is 5.76 Å². The maximum absolute atomic E-state index is 14.6. The van der Waals surface area contributed by atoms with Gasteiger partial charge in [-0.25, -0.2) is 0 Å². The summed E-state index contributed by atoms with van der Waals surface area (Å²) in [5.41, 5.74) is -0.245. The number of rotatable bonds is 7. The molecule has 4 rings (SSSR count). The average Bonchev–Trinajstić information content (AvgIpc) is 3.08. The van der Waals surface area contributed by atoms with Gasteiger partial charge in [0.15, 0.2) is 17.4 Å². The normalized spacial score (nSPS) is 35.0. The maximum Gasteiger partial charge on any atom is 0.193 e. The number of carbonyl (C=O) groups excluding carboxylic acids is 2. The summed E-state index contributed by atoms with van der Waals surface area (Å²) < 4.78 is 6.65. The molecular formula is C33H42O5. The lowest BCUT2D eigenvalue weighted by Gasteiger charge is -2.57. The van der Waals surface area contributed by atoms with E-state index in [-0.39, 0.29) is 36.5 Å². The first kappa shape index (κ1) is 28.3. The minimum absolute atomic E-state index is 0.0909. The van der Waals surface area contributed by atoms with E-state index in [2.05, 4.69) is 6.08 Å². The molecule has 0 spiro atoms. The van der Waals surface area contributed by atoms with E-state index in [1.807, 2.05) is 66.7 Å². The Morgan fingerprint density at radius 1 is 0.895 bits per heavy atom. The lowest BCUT2D eigenvalue weighted by Crippen LogP contribution is -2.70. The quantitative estimate of drug-likeness (QED) is 0.175. The number of benzene rings is 1. The topological polar surface area (TPSA) is 83.8 Å². The summed E-state index contributed by atoms with van der Waals surface area (Å²) in [6, 6.07) is 8.73. The standard InChI is InChI=1S/C33H42O5/c1-21(2)13-14-25-19-31(17-15-22(3)4)28(35)26(27(34)24-11-9-8-10-12-24)29(36)32(18-16-23(5)6)20-30(25,7)38-33(31,32)37/h8-13,15-16,25,34,37H,14,17-20H2,1-7H3/b27-26+/t25-,30-,31-,32+,33?/m1/s1. The first-order valence-corrected chi connectivity index (χ1v) is 13.6. The summed E-state index contributed by atoms with van der Waals surface area (Å²) in [4.78, 5) is 29.2. The number of hydrogen-bond donors (Lipinski definition) is 2. The fraction of sp³-hybridized carbons (Fsp3) is 0.515. The van der Waals surface area contributed by atoms with Gasteiger partial charge in [-0.3, -0.25) is 9.59 Å². The van der Waals surface area contributed by atoms with Gasteiger partial charge in [-0.2, -0.15) is 0 Å². The number of allylic oxidation sites excluding steroid dienone is 7. The number of aliphatic hydroxyl groups excluding tert-OH is 1. The highest BCUT2D eigenvalue weighted by Gasteiger charge is 2.82. The summed E-state index contributed by atoms with van der Waals surface area (Å²) in [5, 5.41) is 24.1. The van der Waals surface area contributed by atoms with Gasteiger partial charge in [0.2, 0.25) is 0 Å². The third kappa shape index (κ3) is 4.15. The number of ether oxygens (including phenoxy) is 1. The SMILES string of the molecule is CC(C)=CC[C@@H]1C[C@]2(CC=C(C)C)C(=O)/C(=C(\O)c3ccccc3)C(=O)[C@]3(CC=C(C)C)C[C@@]1(C)OC32O. The van der Waals surface area contributed by atoms with Crippen LogP contribution in [-0.4, -0.2) is 33.2 Å². The Morgan fingerprint density at radius 2 is 1.42 bits per heavy atom. The Bertz CT molecular complexity index is 1260. The van der Waals surface area contributed by atoms with Crippen molar-refractivity contribution in [2.45, 2.75) is 92.0 Å². The highest BCUT2D eigenvalue weighted by atomic mass is 16.7.